The molecule has 1 heterocycles. The summed E-state index contributed by atoms with van der Waals surface area (Å²) in [6, 6.07) is 11.3. The molecule has 0 fully saturated rings. The van der Waals surface area contributed by atoms with Crippen LogP contribution >= 0.6 is 11.6 Å². The SMILES string of the molecule is Cn1nnc2ccc(C(O)c3ccc(Cl)cc3CO[Si](C)(C)C(C)(C)C)cc21. The molecule has 0 amide bonds. The van der Waals surface area contributed by atoms with Crippen LogP contribution in [0.3, 0.4) is 0 Å². The normalized spacial score (nSPS) is 13.9. The third-order valence-electron chi connectivity index (χ3n) is 5.74. The number of aromatic nitrogens is 3. The Morgan fingerprint density at radius 1 is 1.18 bits per heavy atom. The molecule has 3 aromatic rings. The van der Waals surface area contributed by atoms with Gasteiger partial charge in [-0.15, -0.1) is 5.10 Å². The van der Waals surface area contributed by atoms with E-state index in [1.54, 1.807) is 10.7 Å². The van der Waals surface area contributed by atoms with Crippen LogP contribution in [-0.4, -0.2) is 28.4 Å². The molecule has 0 aliphatic rings. The van der Waals surface area contributed by atoms with Crippen molar-refractivity contribution in [2.75, 3.05) is 0 Å². The Hall–Kier alpha value is -1.73. The quantitative estimate of drug-likeness (QED) is 0.577. The summed E-state index contributed by atoms with van der Waals surface area (Å²) in [5.74, 6) is 0. The number of nitrogens with zero attached hydrogens (tertiary/aromatic N) is 3. The highest BCUT2D eigenvalue weighted by atomic mass is 35.5. The van der Waals surface area contributed by atoms with Gasteiger partial charge in [0.25, 0.3) is 0 Å². The Morgan fingerprint density at radius 3 is 2.57 bits per heavy atom. The zero-order chi connectivity index (χ0) is 20.7. The number of aliphatic hydroxyl groups is 1. The summed E-state index contributed by atoms with van der Waals surface area (Å²) in [5.41, 5.74) is 4.18. The number of halogens is 1. The maximum absolute atomic E-state index is 11.1. The number of benzene rings is 2. The molecule has 7 heteroatoms. The van der Waals surface area contributed by atoms with E-state index in [-0.39, 0.29) is 5.04 Å². The summed E-state index contributed by atoms with van der Waals surface area (Å²) >= 11 is 6.25. The van der Waals surface area contributed by atoms with E-state index >= 15 is 0 Å². The lowest BCUT2D eigenvalue weighted by molar-refractivity contribution is 0.213. The molecule has 0 saturated carbocycles. The fourth-order valence-corrected chi connectivity index (χ4v) is 3.98. The summed E-state index contributed by atoms with van der Waals surface area (Å²) in [6.45, 7) is 11.5. The Bertz CT molecular complexity index is 995. The van der Waals surface area contributed by atoms with Gasteiger partial charge in [-0.3, -0.25) is 0 Å². The van der Waals surface area contributed by atoms with Crippen LogP contribution in [0.5, 0.6) is 0 Å². The monoisotopic (exact) mass is 417 g/mol. The molecule has 1 N–H and O–H groups in total. The molecule has 150 valence electrons. The van der Waals surface area contributed by atoms with Crippen molar-refractivity contribution in [2.45, 2.75) is 51.6 Å². The number of hydrogen-bond donors (Lipinski definition) is 1. The lowest BCUT2D eigenvalue weighted by atomic mass is 9.97. The van der Waals surface area contributed by atoms with Crippen molar-refractivity contribution in [3.05, 3.63) is 58.1 Å². The highest BCUT2D eigenvalue weighted by molar-refractivity contribution is 6.74. The summed E-state index contributed by atoms with van der Waals surface area (Å²) in [7, 11) is -0.0817. The minimum absolute atomic E-state index is 0.113. The van der Waals surface area contributed by atoms with E-state index in [9.17, 15) is 5.11 Å². The Labute approximate surface area is 172 Å². The third-order valence-corrected chi connectivity index (χ3v) is 10.5. The van der Waals surface area contributed by atoms with Gasteiger partial charge >= 0.3 is 0 Å². The molecule has 28 heavy (non-hydrogen) atoms. The second-order valence-corrected chi connectivity index (χ2v) is 14.0. The van der Waals surface area contributed by atoms with Crippen molar-refractivity contribution < 1.29 is 9.53 Å². The van der Waals surface area contributed by atoms with Crippen molar-refractivity contribution >= 4 is 31.0 Å². The smallest absolute Gasteiger partial charge is 0.192 e. The first kappa shape index (κ1) is 21.0. The summed E-state index contributed by atoms with van der Waals surface area (Å²) in [5, 5.41) is 20.0. The van der Waals surface area contributed by atoms with E-state index in [1.165, 1.54) is 0 Å². The lowest BCUT2D eigenvalue weighted by Gasteiger charge is -2.36. The molecule has 0 aliphatic heterocycles. The van der Waals surface area contributed by atoms with E-state index in [1.807, 2.05) is 37.4 Å². The molecule has 5 nitrogen and oxygen atoms in total. The molecule has 1 aromatic heterocycles. The molecule has 2 aromatic carbocycles. The van der Waals surface area contributed by atoms with Gasteiger partial charge in [0.15, 0.2) is 8.32 Å². The predicted octanol–water partition coefficient (Wildman–Crippen LogP) is 5.23. The van der Waals surface area contributed by atoms with Crippen molar-refractivity contribution in [3.8, 4) is 0 Å². The fourth-order valence-electron chi connectivity index (χ4n) is 2.84. The maximum Gasteiger partial charge on any atom is 0.192 e. The first-order chi connectivity index (χ1) is 13.0. The van der Waals surface area contributed by atoms with Crippen LogP contribution in [0, 0.1) is 0 Å². The third kappa shape index (κ3) is 4.15. The molecule has 3 rings (SSSR count). The van der Waals surface area contributed by atoms with Crippen LogP contribution in [-0.2, 0) is 18.1 Å². The molecule has 0 spiro atoms. The Kier molecular flexibility index (Phi) is 5.69. The summed E-state index contributed by atoms with van der Waals surface area (Å²) < 4.78 is 8.09. The molecule has 0 saturated heterocycles. The molecular formula is C21H28ClN3O2Si. The first-order valence-electron chi connectivity index (χ1n) is 9.39. The van der Waals surface area contributed by atoms with E-state index in [0.29, 0.717) is 11.6 Å². The minimum atomic E-state index is -1.92. The Morgan fingerprint density at radius 2 is 1.89 bits per heavy atom. The van der Waals surface area contributed by atoms with Gasteiger partial charge in [0.2, 0.25) is 0 Å². The molecule has 0 radical (unpaired) electrons. The number of rotatable bonds is 5. The minimum Gasteiger partial charge on any atom is -0.413 e. The van der Waals surface area contributed by atoms with Gasteiger partial charge in [-0.2, -0.15) is 0 Å². The van der Waals surface area contributed by atoms with E-state index in [0.717, 1.165) is 27.7 Å². The average molecular weight is 418 g/mol. The van der Waals surface area contributed by atoms with E-state index in [4.69, 9.17) is 16.0 Å². The lowest BCUT2D eigenvalue weighted by Crippen LogP contribution is -2.40. The topological polar surface area (TPSA) is 60.2 Å². The van der Waals surface area contributed by atoms with Crippen LogP contribution in [0.2, 0.25) is 23.2 Å². The Balaban J connectivity index is 1.93. The average Bonchev–Trinajstić information content (AvgIpc) is 2.99. The van der Waals surface area contributed by atoms with Crippen LogP contribution in [0.15, 0.2) is 36.4 Å². The van der Waals surface area contributed by atoms with Crippen LogP contribution < -0.4 is 0 Å². The van der Waals surface area contributed by atoms with Crippen LogP contribution in [0.1, 0.15) is 43.6 Å². The van der Waals surface area contributed by atoms with Gasteiger partial charge in [0.1, 0.15) is 11.6 Å². The molecular weight excluding hydrogens is 390 g/mol. The van der Waals surface area contributed by atoms with E-state index < -0.39 is 14.4 Å². The highest BCUT2D eigenvalue weighted by Gasteiger charge is 2.37. The first-order valence-corrected chi connectivity index (χ1v) is 12.7. The second kappa shape index (κ2) is 7.59. The van der Waals surface area contributed by atoms with Gasteiger partial charge in [-0.05, 0) is 59.1 Å². The van der Waals surface area contributed by atoms with Crippen LogP contribution in [0.25, 0.3) is 11.0 Å². The van der Waals surface area contributed by atoms with Gasteiger partial charge in [0, 0.05) is 12.1 Å². The molecule has 0 aliphatic carbocycles. The van der Waals surface area contributed by atoms with Gasteiger partial charge in [-0.25, -0.2) is 4.68 Å². The maximum atomic E-state index is 11.1. The van der Waals surface area contributed by atoms with Crippen molar-refractivity contribution in [2.24, 2.45) is 7.05 Å². The number of aryl methyl sites for hydroxylation is 1. The fraction of sp³-hybridized carbons (Fsp3) is 0.429. The second-order valence-electron chi connectivity index (χ2n) is 8.76. The highest BCUT2D eigenvalue weighted by Crippen LogP contribution is 2.38. The summed E-state index contributed by atoms with van der Waals surface area (Å²) in [6.07, 6.45) is -0.783. The number of aliphatic hydroxyl groups excluding tert-OH is 1. The van der Waals surface area contributed by atoms with Crippen molar-refractivity contribution in [3.63, 3.8) is 0 Å². The standard InChI is InChI=1S/C21H28ClN3O2Si/c1-21(2,3)28(5,6)27-13-15-11-16(22)8-9-17(15)20(26)14-7-10-18-19(12-14)25(4)24-23-18/h7-12,20,26H,13H2,1-6H3. The van der Waals surface area contributed by atoms with Gasteiger partial charge in [-0.1, -0.05) is 49.7 Å². The molecule has 0 bridgehead atoms. The van der Waals surface area contributed by atoms with Crippen molar-refractivity contribution in [1.29, 1.82) is 0 Å². The predicted molar refractivity (Wildman–Crippen MR) is 116 cm³/mol. The number of hydrogen-bond acceptors (Lipinski definition) is 4. The zero-order valence-electron chi connectivity index (χ0n) is 17.3. The van der Waals surface area contributed by atoms with Crippen molar-refractivity contribution in [1.82, 2.24) is 15.0 Å². The molecule has 1 atom stereocenters. The van der Waals surface area contributed by atoms with E-state index in [2.05, 4.69) is 44.2 Å². The number of fused-ring (bicyclic) bond motifs is 1. The zero-order valence-corrected chi connectivity index (χ0v) is 19.1. The summed E-state index contributed by atoms with van der Waals surface area (Å²) in [4.78, 5) is 0. The largest absolute Gasteiger partial charge is 0.413 e. The molecule has 1 unspecified atom stereocenters. The van der Waals surface area contributed by atoms with Gasteiger partial charge in [0.05, 0.1) is 12.1 Å². The van der Waals surface area contributed by atoms with Gasteiger partial charge < -0.3 is 9.53 Å². The van der Waals surface area contributed by atoms with Crippen LogP contribution in [0.4, 0.5) is 0 Å².